The Morgan fingerprint density at radius 1 is 1.42 bits per heavy atom. The van der Waals surface area contributed by atoms with Crippen molar-refractivity contribution in [3.63, 3.8) is 0 Å². The van der Waals surface area contributed by atoms with E-state index in [2.05, 4.69) is 5.32 Å². The van der Waals surface area contributed by atoms with E-state index >= 15 is 0 Å². The van der Waals surface area contributed by atoms with Crippen molar-refractivity contribution in [2.24, 2.45) is 5.92 Å². The van der Waals surface area contributed by atoms with Crippen molar-refractivity contribution in [1.29, 1.82) is 0 Å². The molecule has 1 spiro atoms. The molecule has 12 heavy (non-hydrogen) atoms. The van der Waals surface area contributed by atoms with Gasteiger partial charge in [0.25, 0.3) is 0 Å². The van der Waals surface area contributed by atoms with Crippen molar-refractivity contribution in [3.05, 3.63) is 0 Å². The third-order valence-corrected chi connectivity index (χ3v) is 2.92. The molecule has 2 saturated heterocycles. The van der Waals surface area contributed by atoms with Gasteiger partial charge in [-0.25, -0.2) is 4.79 Å². The minimum atomic E-state index is -0.293. The maximum Gasteiger partial charge on any atom is 0.408 e. The van der Waals surface area contributed by atoms with E-state index in [1.54, 1.807) is 0 Å². The first-order valence-corrected chi connectivity index (χ1v) is 4.37. The summed E-state index contributed by atoms with van der Waals surface area (Å²) < 4.78 is 10.3. The highest BCUT2D eigenvalue weighted by atomic mass is 16.6. The van der Waals surface area contributed by atoms with E-state index in [0.29, 0.717) is 19.1 Å². The second-order valence-electron chi connectivity index (χ2n) is 3.91. The van der Waals surface area contributed by atoms with Crippen LogP contribution in [0.2, 0.25) is 0 Å². The van der Waals surface area contributed by atoms with Crippen LogP contribution in [0.1, 0.15) is 12.8 Å². The Kier molecular flexibility index (Phi) is 1.08. The molecule has 1 amide bonds. The molecule has 0 aromatic heterocycles. The molecule has 0 aromatic carbocycles. The van der Waals surface area contributed by atoms with Crippen LogP contribution < -0.4 is 5.32 Å². The lowest BCUT2D eigenvalue weighted by atomic mass is 9.89. The van der Waals surface area contributed by atoms with Crippen LogP contribution in [-0.4, -0.2) is 30.9 Å². The fourth-order valence-electron chi connectivity index (χ4n) is 2.05. The molecule has 1 saturated carbocycles. The van der Waals surface area contributed by atoms with Gasteiger partial charge in [-0.05, 0) is 18.8 Å². The van der Waals surface area contributed by atoms with Crippen molar-refractivity contribution in [2.75, 3.05) is 13.2 Å². The zero-order valence-corrected chi connectivity index (χ0v) is 6.71. The number of hydrogen-bond acceptors (Lipinski definition) is 3. The number of amides is 1. The Morgan fingerprint density at radius 3 is 2.67 bits per heavy atom. The number of alkyl carbamates (subject to hydrolysis) is 1. The molecule has 4 nitrogen and oxygen atoms in total. The standard InChI is InChI=1S/C8H11NO3/c10-7-9-6(5-1-2-5)8(12-7)3-11-4-8/h5-6H,1-4H2,(H,9,10)/t6-/m1/s1. The molecule has 66 valence electrons. The van der Waals surface area contributed by atoms with Gasteiger partial charge in [0.05, 0.1) is 19.3 Å². The SMILES string of the molecule is O=C1N[C@H](C2CC2)C2(COC2)O1. The highest BCUT2D eigenvalue weighted by Crippen LogP contribution is 2.43. The summed E-state index contributed by atoms with van der Waals surface area (Å²) >= 11 is 0. The maximum atomic E-state index is 11.0. The molecule has 0 radical (unpaired) electrons. The van der Waals surface area contributed by atoms with Gasteiger partial charge in [0, 0.05) is 0 Å². The third-order valence-electron chi connectivity index (χ3n) is 2.92. The summed E-state index contributed by atoms with van der Waals surface area (Å²) in [6.07, 6.45) is 2.17. The second kappa shape index (κ2) is 1.93. The van der Waals surface area contributed by atoms with Crippen LogP contribution >= 0.6 is 0 Å². The van der Waals surface area contributed by atoms with Crippen molar-refractivity contribution in [2.45, 2.75) is 24.5 Å². The smallest absolute Gasteiger partial charge is 0.408 e. The molecule has 1 N–H and O–H groups in total. The largest absolute Gasteiger partial charge is 0.436 e. The van der Waals surface area contributed by atoms with Gasteiger partial charge in [-0.3, -0.25) is 0 Å². The molecular weight excluding hydrogens is 158 g/mol. The molecule has 3 fully saturated rings. The van der Waals surface area contributed by atoms with E-state index in [1.807, 2.05) is 0 Å². The predicted octanol–water partition coefficient (Wildman–Crippen LogP) is 0.274. The van der Waals surface area contributed by atoms with E-state index in [1.165, 1.54) is 12.8 Å². The normalized spacial score (nSPS) is 37.3. The zero-order chi connectivity index (χ0) is 8.18. The summed E-state index contributed by atoms with van der Waals surface area (Å²) in [5, 5.41) is 2.87. The van der Waals surface area contributed by atoms with Crippen molar-refractivity contribution in [3.8, 4) is 0 Å². The Hall–Kier alpha value is -0.770. The van der Waals surface area contributed by atoms with Crippen LogP contribution in [-0.2, 0) is 9.47 Å². The molecule has 4 heteroatoms. The number of carbonyl (C=O) groups excluding carboxylic acids is 1. The monoisotopic (exact) mass is 169 g/mol. The van der Waals surface area contributed by atoms with Crippen molar-refractivity contribution < 1.29 is 14.3 Å². The Balaban J connectivity index is 1.84. The second-order valence-corrected chi connectivity index (χ2v) is 3.91. The molecule has 2 heterocycles. The van der Waals surface area contributed by atoms with E-state index in [0.717, 1.165) is 0 Å². The third kappa shape index (κ3) is 0.732. The quantitative estimate of drug-likeness (QED) is 0.613. The highest BCUT2D eigenvalue weighted by Gasteiger charge is 2.59. The molecule has 0 bridgehead atoms. The van der Waals surface area contributed by atoms with Gasteiger partial charge in [-0.2, -0.15) is 0 Å². The number of nitrogens with one attached hydrogen (secondary N) is 1. The molecule has 3 rings (SSSR count). The van der Waals surface area contributed by atoms with Crippen molar-refractivity contribution >= 4 is 6.09 Å². The Bertz CT molecular complexity index is 232. The summed E-state index contributed by atoms with van der Waals surface area (Å²) in [6, 6.07) is 0.221. The average Bonchev–Trinajstić information content (AvgIpc) is 2.72. The van der Waals surface area contributed by atoms with Crippen molar-refractivity contribution in [1.82, 2.24) is 5.32 Å². The summed E-state index contributed by atoms with van der Waals surface area (Å²) in [7, 11) is 0. The average molecular weight is 169 g/mol. The molecule has 3 aliphatic rings. The van der Waals surface area contributed by atoms with Gasteiger partial charge in [0.15, 0.2) is 5.60 Å². The van der Waals surface area contributed by atoms with E-state index in [-0.39, 0.29) is 17.7 Å². The number of rotatable bonds is 1. The van der Waals surface area contributed by atoms with Gasteiger partial charge in [0.1, 0.15) is 0 Å². The summed E-state index contributed by atoms with van der Waals surface area (Å²) in [6.45, 7) is 1.15. The van der Waals surface area contributed by atoms with Crippen LogP contribution in [0.5, 0.6) is 0 Å². The Labute approximate surface area is 70.2 Å². The van der Waals surface area contributed by atoms with Gasteiger partial charge >= 0.3 is 6.09 Å². The molecule has 2 aliphatic heterocycles. The number of carbonyl (C=O) groups is 1. The molecule has 0 aromatic rings. The number of ether oxygens (including phenoxy) is 2. The lowest BCUT2D eigenvalue weighted by Crippen LogP contribution is -2.59. The maximum absolute atomic E-state index is 11.0. The fraction of sp³-hybridized carbons (Fsp3) is 0.875. The van der Waals surface area contributed by atoms with Gasteiger partial charge in [-0.1, -0.05) is 0 Å². The van der Waals surface area contributed by atoms with Gasteiger partial charge in [-0.15, -0.1) is 0 Å². The van der Waals surface area contributed by atoms with E-state index < -0.39 is 0 Å². The first-order valence-electron chi connectivity index (χ1n) is 4.37. The topological polar surface area (TPSA) is 47.6 Å². The van der Waals surface area contributed by atoms with E-state index in [9.17, 15) is 4.79 Å². The molecule has 0 unspecified atom stereocenters. The Morgan fingerprint density at radius 2 is 2.17 bits per heavy atom. The first-order chi connectivity index (χ1) is 5.80. The summed E-state index contributed by atoms with van der Waals surface area (Å²) in [5.41, 5.74) is -0.293. The zero-order valence-electron chi connectivity index (χ0n) is 6.71. The van der Waals surface area contributed by atoms with Gasteiger partial charge in [0.2, 0.25) is 0 Å². The molecule has 1 aliphatic carbocycles. The minimum Gasteiger partial charge on any atom is -0.436 e. The van der Waals surface area contributed by atoms with E-state index in [4.69, 9.17) is 9.47 Å². The van der Waals surface area contributed by atoms with Crippen LogP contribution in [0, 0.1) is 5.92 Å². The minimum absolute atomic E-state index is 0.221. The van der Waals surface area contributed by atoms with Gasteiger partial charge < -0.3 is 14.8 Å². The van der Waals surface area contributed by atoms with Crippen LogP contribution in [0.4, 0.5) is 4.79 Å². The molecule has 1 atom stereocenters. The lowest BCUT2D eigenvalue weighted by Gasteiger charge is -2.39. The fourth-order valence-corrected chi connectivity index (χ4v) is 2.05. The van der Waals surface area contributed by atoms with Crippen LogP contribution in [0.15, 0.2) is 0 Å². The predicted molar refractivity (Wildman–Crippen MR) is 39.7 cm³/mol. The molecular formula is C8H11NO3. The highest BCUT2D eigenvalue weighted by molar-refractivity contribution is 5.71. The lowest BCUT2D eigenvalue weighted by molar-refractivity contribution is -0.172. The van der Waals surface area contributed by atoms with Crippen LogP contribution in [0.3, 0.4) is 0 Å². The summed E-state index contributed by atoms with van der Waals surface area (Å²) in [5.74, 6) is 0.639. The first kappa shape index (κ1) is 6.71. The van der Waals surface area contributed by atoms with Crippen LogP contribution in [0.25, 0.3) is 0 Å². The number of hydrogen-bond donors (Lipinski definition) is 1. The summed E-state index contributed by atoms with van der Waals surface area (Å²) in [4.78, 5) is 11.0.